The molecule has 0 spiro atoms. The number of aryl methyl sites for hydroxylation is 1. The van der Waals surface area contributed by atoms with Gasteiger partial charge in [0.15, 0.2) is 5.65 Å². The summed E-state index contributed by atoms with van der Waals surface area (Å²) < 4.78 is 1.78. The summed E-state index contributed by atoms with van der Waals surface area (Å²) in [6.45, 7) is 4.08. The summed E-state index contributed by atoms with van der Waals surface area (Å²) in [6.07, 6.45) is 0.834. The van der Waals surface area contributed by atoms with Gasteiger partial charge in [-0.1, -0.05) is 48.5 Å². The number of hydrogen-bond donors (Lipinski definition) is 1. The summed E-state index contributed by atoms with van der Waals surface area (Å²) >= 11 is 0. The van der Waals surface area contributed by atoms with Gasteiger partial charge in [0.25, 0.3) is 5.95 Å². The van der Waals surface area contributed by atoms with Crippen molar-refractivity contribution in [3.05, 3.63) is 77.1 Å². The smallest absolute Gasteiger partial charge is 0.272 e. The van der Waals surface area contributed by atoms with Gasteiger partial charge in [-0.25, -0.2) is 4.68 Å². The Morgan fingerprint density at radius 1 is 0.926 bits per heavy atom. The molecule has 0 bridgehead atoms. The van der Waals surface area contributed by atoms with Gasteiger partial charge in [-0.15, -0.1) is 10.2 Å². The summed E-state index contributed by atoms with van der Waals surface area (Å²) in [6, 6.07) is 18.4. The van der Waals surface area contributed by atoms with Crippen LogP contribution in [-0.4, -0.2) is 29.9 Å². The van der Waals surface area contributed by atoms with E-state index in [9.17, 15) is 0 Å². The quantitative estimate of drug-likeness (QED) is 0.533. The number of nitrogens with one attached hydrogen (secondary N) is 1. The van der Waals surface area contributed by atoms with Crippen molar-refractivity contribution in [3.63, 3.8) is 0 Å². The Morgan fingerprint density at radius 2 is 1.70 bits per heavy atom. The summed E-state index contributed by atoms with van der Waals surface area (Å²) in [5, 5.41) is 14.4. The van der Waals surface area contributed by atoms with Crippen LogP contribution in [0.2, 0.25) is 0 Å². The molecule has 6 heteroatoms. The molecule has 3 aromatic heterocycles. The van der Waals surface area contributed by atoms with Gasteiger partial charge >= 0.3 is 0 Å². The summed E-state index contributed by atoms with van der Waals surface area (Å²) in [5.41, 5.74) is 6.98. The maximum absolute atomic E-state index is 4.68. The van der Waals surface area contributed by atoms with Crippen LogP contribution in [0.3, 0.4) is 0 Å². The molecule has 0 unspecified atom stereocenters. The number of hydrogen-bond acceptors (Lipinski definition) is 4. The molecule has 6 nitrogen and oxygen atoms in total. The number of H-pyrrole nitrogens is 1. The standard InChI is InChI=1S/C21H18N6/c1-13-17(12-15-8-4-3-5-9-15)14(2)27(26-13)21-23-20-19(24-25-21)16-10-6-7-11-18(16)22-20/h3-11H,12H2,1-2H3,(H,22,23,25). The van der Waals surface area contributed by atoms with E-state index in [0.29, 0.717) is 5.95 Å². The average molecular weight is 354 g/mol. The number of benzene rings is 2. The first-order valence-electron chi connectivity index (χ1n) is 8.91. The van der Waals surface area contributed by atoms with Crippen molar-refractivity contribution < 1.29 is 0 Å². The highest BCUT2D eigenvalue weighted by Gasteiger charge is 2.17. The normalized spacial score (nSPS) is 11.5. The van der Waals surface area contributed by atoms with Crippen LogP contribution in [0.25, 0.3) is 28.0 Å². The van der Waals surface area contributed by atoms with Gasteiger partial charge < -0.3 is 4.98 Å². The molecule has 5 aromatic rings. The van der Waals surface area contributed by atoms with Gasteiger partial charge in [0.05, 0.1) is 5.69 Å². The van der Waals surface area contributed by atoms with Crippen LogP contribution in [0.1, 0.15) is 22.5 Å². The summed E-state index contributed by atoms with van der Waals surface area (Å²) in [4.78, 5) is 7.99. The second-order valence-electron chi connectivity index (χ2n) is 6.70. The summed E-state index contributed by atoms with van der Waals surface area (Å²) in [7, 11) is 0. The molecule has 27 heavy (non-hydrogen) atoms. The molecular weight excluding hydrogens is 336 g/mol. The molecular formula is C21H18N6. The Hall–Kier alpha value is -3.54. The number of nitrogens with zero attached hydrogens (tertiary/aromatic N) is 5. The number of aromatic nitrogens is 6. The van der Waals surface area contributed by atoms with E-state index in [0.717, 1.165) is 39.9 Å². The van der Waals surface area contributed by atoms with Crippen LogP contribution in [0, 0.1) is 13.8 Å². The van der Waals surface area contributed by atoms with E-state index in [1.54, 1.807) is 4.68 Å². The van der Waals surface area contributed by atoms with Crippen molar-refractivity contribution in [2.45, 2.75) is 20.3 Å². The molecule has 0 aliphatic heterocycles. The third-order valence-corrected chi connectivity index (χ3v) is 4.97. The molecule has 0 radical (unpaired) electrons. The highest BCUT2D eigenvalue weighted by Crippen LogP contribution is 2.23. The molecule has 132 valence electrons. The van der Waals surface area contributed by atoms with E-state index in [2.05, 4.69) is 56.5 Å². The van der Waals surface area contributed by atoms with Crippen LogP contribution in [0.4, 0.5) is 0 Å². The lowest BCUT2D eigenvalue weighted by molar-refractivity contribution is 0.756. The van der Waals surface area contributed by atoms with Gasteiger partial charge in [0.2, 0.25) is 0 Å². The van der Waals surface area contributed by atoms with E-state index in [1.165, 1.54) is 11.1 Å². The number of aromatic amines is 1. The Morgan fingerprint density at radius 3 is 2.56 bits per heavy atom. The minimum absolute atomic E-state index is 0.481. The Balaban J connectivity index is 1.60. The van der Waals surface area contributed by atoms with Crippen LogP contribution < -0.4 is 0 Å². The molecule has 0 amide bonds. The molecule has 3 heterocycles. The van der Waals surface area contributed by atoms with Gasteiger partial charge in [0.1, 0.15) is 5.52 Å². The van der Waals surface area contributed by atoms with E-state index >= 15 is 0 Å². The monoisotopic (exact) mass is 354 g/mol. The molecule has 0 aliphatic rings. The lowest BCUT2D eigenvalue weighted by atomic mass is 10.0. The number of para-hydroxylation sites is 1. The minimum atomic E-state index is 0.481. The second-order valence-corrected chi connectivity index (χ2v) is 6.70. The maximum atomic E-state index is 4.68. The molecule has 0 aliphatic carbocycles. The van der Waals surface area contributed by atoms with Gasteiger partial charge in [-0.05, 0) is 25.5 Å². The minimum Gasteiger partial charge on any atom is -0.338 e. The fourth-order valence-corrected chi connectivity index (χ4v) is 3.53. The second kappa shape index (κ2) is 6.02. The first-order valence-corrected chi connectivity index (χ1v) is 8.91. The van der Waals surface area contributed by atoms with Crippen molar-refractivity contribution >= 4 is 22.1 Å². The molecule has 1 N–H and O–H groups in total. The first kappa shape index (κ1) is 15.7. The molecule has 5 rings (SSSR count). The van der Waals surface area contributed by atoms with E-state index in [4.69, 9.17) is 0 Å². The predicted molar refractivity (Wildman–Crippen MR) is 105 cm³/mol. The SMILES string of the molecule is Cc1nn(-c2nnc3c(n2)[nH]c2ccccc23)c(C)c1Cc1ccccc1. The summed E-state index contributed by atoms with van der Waals surface area (Å²) in [5.74, 6) is 0.481. The first-order chi connectivity index (χ1) is 13.2. The fourth-order valence-electron chi connectivity index (χ4n) is 3.53. The molecule has 2 aromatic carbocycles. The van der Waals surface area contributed by atoms with Crippen LogP contribution in [0.15, 0.2) is 54.6 Å². The van der Waals surface area contributed by atoms with Crippen molar-refractivity contribution in [3.8, 4) is 5.95 Å². The topological polar surface area (TPSA) is 72.3 Å². The molecule has 0 saturated carbocycles. The Kier molecular flexibility index (Phi) is 3.50. The van der Waals surface area contributed by atoms with E-state index in [1.807, 2.05) is 37.3 Å². The van der Waals surface area contributed by atoms with Gasteiger partial charge in [-0.3, -0.25) is 0 Å². The Labute approximate surface area is 155 Å². The zero-order valence-electron chi connectivity index (χ0n) is 15.1. The van der Waals surface area contributed by atoms with Crippen molar-refractivity contribution in [2.24, 2.45) is 0 Å². The van der Waals surface area contributed by atoms with Gasteiger partial charge in [-0.2, -0.15) is 10.1 Å². The van der Waals surface area contributed by atoms with Crippen LogP contribution >= 0.6 is 0 Å². The fraction of sp³-hybridized carbons (Fsp3) is 0.143. The van der Waals surface area contributed by atoms with Crippen LogP contribution in [-0.2, 0) is 6.42 Å². The molecule has 0 atom stereocenters. The lowest BCUT2D eigenvalue weighted by Gasteiger charge is -2.04. The lowest BCUT2D eigenvalue weighted by Crippen LogP contribution is -2.06. The highest BCUT2D eigenvalue weighted by atomic mass is 15.4. The van der Waals surface area contributed by atoms with Crippen LogP contribution in [0.5, 0.6) is 0 Å². The number of fused-ring (bicyclic) bond motifs is 3. The maximum Gasteiger partial charge on any atom is 0.272 e. The van der Waals surface area contributed by atoms with Gasteiger partial charge in [0, 0.05) is 28.6 Å². The molecule has 0 fully saturated rings. The Bertz CT molecular complexity index is 1270. The number of rotatable bonds is 3. The van der Waals surface area contributed by atoms with E-state index in [-0.39, 0.29) is 0 Å². The third kappa shape index (κ3) is 2.57. The average Bonchev–Trinajstić information content (AvgIpc) is 3.20. The zero-order valence-corrected chi connectivity index (χ0v) is 15.1. The predicted octanol–water partition coefficient (Wildman–Crippen LogP) is 3.90. The van der Waals surface area contributed by atoms with Crippen molar-refractivity contribution in [1.82, 2.24) is 29.9 Å². The largest absolute Gasteiger partial charge is 0.338 e. The highest BCUT2D eigenvalue weighted by molar-refractivity contribution is 6.03. The molecule has 0 saturated heterocycles. The van der Waals surface area contributed by atoms with Crippen molar-refractivity contribution in [1.29, 1.82) is 0 Å². The zero-order chi connectivity index (χ0) is 18.4. The van der Waals surface area contributed by atoms with Crippen molar-refractivity contribution in [2.75, 3.05) is 0 Å². The van der Waals surface area contributed by atoms with E-state index < -0.39 is 0 Å². The third-order valence-electron chi connectivity index (χ3n) is 4.97.